The zero-order chi connectivity index (χ0) is 25.5. The first kappa shape index (κ1) is 22.8. The summed E-state index contributed by atoms with van der Waals surface area (Å²) in [6, 6.07) is 36.5. The lowest BCUT2D eigenvalue weighted by Crippen LogP contribution is -2.29. The van der Waals surface area contributed by atoms with Gasteiger partial charge in [0.2, 0.25) is 5.91 Å². The number of rotatable bonds is 5. The molecule has 0 fully saturated rings. The largest absolute Gasteiger partial charge is 0.378 e. The van der Waals surface area contributed by atoms with E-state index in [-0.39, 0.29) is 11.9 Å². The van der Waals surface area contributed by atoms with Gasteiger partial charge in [0.1, 0.15) is 0 Å². The molecule has 5 aromatic rings. The van der Waals surface area contributed by atoms with E-state index in [0.29, 0.717) is 18.3 Å². The van der Waals surface area contributed by atoms with Gasteiger partial charge in [-0.2, -0.15) is 0 Å². The molecule has 186 valence electrons. The summed E-state index contributed by atoms with van der Waals surface area (Å²) in [5.74, 6) is 0.784. The molecule has 0 spiro atoms. The summed E-state index contributed by atoms with van der Waals surface area (Å²) in [4.78, 5) is 12.7. The Kier molecular flexibility index (Phi) is 5.70. The molecule has 38 heavy (non-hydrogen) atoms. The second kappa shape index (κ2) is 9.50. The van der Waals surface area contributed by atoms with Crippen LogP contribution in [0.3, 0.4) is 0 Å². The number of hydrogen-bond acceptors (Lipinski definition) is 2. The number of allylic oxidation sites excluding steroid dienone is 2. The average Bonchev–Trinajstić information content (AvgIpc) is 3.46. The van der Waals surface area contributed by atoms with Crippen LogP contribution in [0, 0.1) is 5.92 Å². The van der Waals surface area contributed by atoms with Gasteiger partial charge in [-0.25, -0.2) is 0 Å². The summed E-state index contributed by atoms with van der Waals surface area (Å²) in [6.07, 6.45) is 6.95. The third kappa shape index (κ3) is 4.05. The standard InChI is InChI=1S/C35H30N2O/c38-33(20-17-23-9-2-1-3-10-23)36-26-18-19-32-31(22-26)29-15-8-16-30(29)35(37-32)34-27-13-6-4-11-24(27)21-25-12-5-7-14-28(25)34/h1-15,18-19,21-22,29-30,35,37H,16-17,20H2,(H,36,38). The van der Waals surface area contributed by atoms with Crippen LogP contribution in [0.25, 0.3) is 21.5 Å². The predicted molar refractivity (Wildman–Crippen MR) is 158 cm³/mol. The van der Waals surface area contributed by atoms with E-state index in [2.05, 4.69) is 102 Å². The highest BCUT2D eigenvalue weighted by Crippen LogP contribution is 2.52. The van der Waals surface area contributed by atoms with Crippen LogP contribution < -0.4 is 10.6 Å². The number of carbonyl (C=O) groups excluding carboxylic acids is 1. The molecule has 0 saturated heterocycles. The van der Waals surface area contributed by atoms with Crippen molar-refractivity contribution in [2.75, 3.05) is 10.6 Å². The first-order valence-electron chi connectivity index (χ1n) is 13.6. The van der Waals surface area contributed by atoms with Crippen LogP contribution in [0.1, 0.15) is 41.5 Å². The molecule has 2 aliphatic rings. The van der Waals surface area contributed by atoms with Gasteiger partial charge in [-0.05, 0) is 81.3 Å². The minimum Gasteiger partial charge on any atom is -0.378 e. The normalized spacial score (nSPS) is 19.6. The average molecular weight is 495 g/mol. The number of carbonyl (C=O) groups is 1. The maximum atomic E-state index is 12.7. The number of amides is 1. The van der Waals surface area contributed by atoms with Crippen LogP contribution in [0.2, 0.25) is 0 Å². The van der Waals surface area contributed by atoms with Crippen molar-refractivity contribution in [3.8, 4) is 0 Å². The van der Waals surface area contributed by atoms with E-state index >= 15 is 0 Å². The third-order valence-corrected chi connectivity index (χ3v) is 8.25. The van der Waals surface area contributed by atoms with Gasteiger partial charge < -0.3 is 10.6 Å². The monoisotopic (exact) mass is 494 g/mol. The van der Waals surface area contributed by atoms with Gasteiger partial charge in [0.15, 0.2) is 0 Å². The van der Waals surface area contributed by atoms with Crippen molar-refractivity contribution >= 4 is 38.8 Å². The van der Waals surface area contributed by atoms with Crippen molar-refractivity contribution in [2.45, 2.75) is 31.2 Å². The number of fused-ring (bicyclic) bond motifs is 5. The Hall–Kier alpha value is -4.37. The second-order valence-corrected chi connectivity index (χ2v) is 10.5. The van der Waals surface area contributed by atoms with Crippen molar-refractivity contribution < 1.29 is 4.79 Å². The maximum Gasteiger partial charge on any atom is 0.224 e. The van der Waals surface area contributed by atoms with Crippen molar-refractivity contribution in [3.05, 3.63) is 132 Å². The number of aryl methyl sites for hydroxylation is 1. The van der Waals surface area contributed by atoms with Crippen LogP contribution in [0.5, 0.6) is 0 Å². The molecule has 1 aliphatic carbocycles. The Morgan fingerprint density at radius 1 is 0.816 bits per heavy atom. The molecule has 3 atom stereocenters. The second-order valence-electron chi connectivity index (χ2n) is 10.5. The minimum absolute atomic E-state index is 0.0520. The zero-order valence-corrected chi connectivity index (χ0v) is 21.2. The van der Waals surface area contributed by atoms with Crippen molar-refractivity contribution in [2.24, 2.45) is 5.92 Å². The molecular formula is C35H30N2O. The first-order chi connectivity index (χ1) is 18.7. The molecule has 1 aliphatic heterocycles. The lowest BCUT2D eigenvalue weighted by atomic mass is 9.75. The van der Waals surface area contributed by atoms with Crippen LogP contribution >= 0.6 is 0 Å². The molecule has 7 rings (SSSR count). The summed E-state index contributed by atoms with van der Waals surface area (Å²) < 4.78 is 0. The molecule has 3 heteroatoms. The molecule has 3 nitrogen and oxygen atoms in total. The Morgan fingerprint density at radius 2 is 1.53 bits per heavy atom. The van der Waals surface area contributed by atoms with Gasteiger partial charge >= 0.3 is 0 Å². The van der Waals surface area contributed by atoms with Gasteiger partial charge in [0.05, 0.1) is 6.04 Å². The fraction of sp³-hybridized carbons (Fsp3) is 0.171. The van der Waals surface area contributed by atoms with E-state index in [1.807, 2.05) is 24.3 Å². The quantitative estimate of drug-likeness (QED) is 0.190. The highest BCUT2D eigenvalue weighted by molar-refractivity contribution is 6.03. The highest BCUT2D eigenvalue weighted by Gasteiger charge is 2.39. The van der Waals surface area contributed by atoms with Gasteiger partial charge in [-0.1, -0.05) is 91.0 Å². The Labute approximate surface area is 223 Å². The maximum absolute atomic E-state index is 12.7. The van der Waals surface area contributed by atoms with E-state index in [0.717, 1.165) is 24.2 Å². The highest BCUT2D eigenvalue weighted by atomic mass is 16.1. The molecule has 1 heterocycles. The van der Waals surface area contributed by atoms with Crippen LogP contribution in [0.4, 0.5) is 11.4 Å². The van der Waals surface area contributed by atoms with Gasteiger partial charge in [0.25, 0.3) is 0 Å². The number of benzene rings is 5. The topological polar surface area (TPSA) is 41.1 Å². The smallest absolute Gasteiger partial charge is 0.224 e. The number of nitrogens with one attached hydrogen (secondary N) is 2. The first-order valence-corrected chi connectivity index (χ1v) is 13.6. The Bertz CT molecular complexity index is 1630. The molecule has 3 unspecified atom stereocenters. The Morgan fingerprint density at radius 3 is 2.29 bits per heavy atom. The zero-order valence-electron chi connectivity index (χ0n) is 21.2. The van der Waals surface area contributed by atoms with E-state index in [1.165, 1.54) is 38.2 Å². The van der Waals surface area contributed by atoms with Gasteiger partial charge in [-0.3, -0.25) is 4.79 Å². The fourth-order valence-corrected chi connectivity index (χ4v) is 6.47. The van der Waals surface area contributed by atoms with E-state index < -0.39 is 0 Å². The molecule has 0 bridgehead atoms. The van der Waals surface area contributed by atoms with Crippen LogP contribution in [-0.2, 0) is 11.2 Å². The van der Waals surface area contributed by atoms with Crippen LogP contribution in [-0.4, -0.2) is 5.91 Å². The summed E-state index contributed by atoms with van der Waals surface area (Å²) in [6.45, 7) is 0. The van der Waals surface area contributed by atoms with E-state index in [1.54, 1.807) is 0 Å². The summed E-state index contributed by atoms with van der Waals surface area (Å²) in [7, 11) is 0. The van der Waals surface area contributed by atoms with Crippen LogP contribution in [0.15, 0.2) is 115 Å². The fourth-order valence-electron chi connectivity index (χ4n) is 6.47. The Balaban J connectivity index is 1.21. The molecule has 5 aromatic carbocycles. The molecule has 0 radical (unpaired) electrons. The molecule has 2 N–H and O–H groups in total. The lowest BCUT2D eigenvalue weighted by Gasteiger charge is -2.38. The summed E-state index contributed by atoms with van der Waals surface area (Å²) in [5, 5.41) is 12.3. The third-order valence-electron chi connectivity index (χ3n) is 8.25. The van der Waals surface area contributed by atoms with E-state index in [9.17, 15) is 4.79 Å². The number of hydrogen-bond donors (Lipinski definition) is 2. The SMILES string of the molecule is O=C(CCc1ccccc1)Nc1ccc2c(c1)C1C=CCC1C(c1c3ccccc3cc3ccccc13)N2. The molecule has 0 aromatic heterocycles. The lowest BCUT2D eigenvalue weighted by molar-refractivity contribution is -0.116. The van der Waals surface area contributed by atoms with Crippen molar-refractivity contribution in [1.82, 2.24) is 0 Å². The predicted octanol–water partition coefficient (Wildman–Crippen LogP) is 8.39. The minimum atomic E-state index is 0.0520. The summed E-state index contributed by atoms with van der Waals surface area (Å²) in [5.41, 5.74) is 5.87. The molecule has 0 saturated carbocycles. The summed E-state index contributed by atoms with van der Waals surface area (Å²) >= 11 is 0. The van der Waals surface area contributed by atoms with Gasteiger partial charge in [0, 0.05) is 23.7 Å². The molecule has 1 amide bonds. The van der Waals surface area contributed by atoms with Gasteiger partial charge in [-0.15, -0.1) is 0 Å². The van der Waals surface area contributed by atoms with E-state index in [4.69, 9.17) is 0 Å². The van der Waals surface area contributed by atoms with Crippen molar-refractivity contribution in [3.63, 3.8) is 0 Å². The van der Waals surface area contributed by atoms with Crippen molar-refractivity contribution in [1.29, 1.82) is 0 Å². The molecular weight excluding hydrogens is 464 g/mol. The number of anilines is 2.